The second kappa shape index (κ2) is 11.0. The molecule has 0 radical (unpaired) electrons. The first-order valence-electron chi connectivity index (χ1n) is 11.1. The lowest BCUT2D eigenvalue weighted by molar-refractivity contribution is -0.154. The minimum absolute atomic E-state index is 0.000906. The first-order valence-corrected chi connectivity index (χ1v) is 12.9. The number of nitrogens with one attached hydrogen (secondary N) is 1. The van der Waals surface area contributed by atoms with Gasteiger partial charge < -0.3 is 15.0 Å². The van der Waals surface area contributed by atoms with Crippen LogP contribution in [0.2, 0.25) is 5.02 Å². The van der Waals surface area contributed by atoms with Crippen molar-refractivity contribution >= 4 is 39.2 Å². The molecule has 2 aromatic carbocycles. The molecule has 39 heavy (non-hydrogen) atoms. The van der Waals surface area contributed by atoms with Gasteiger partial charge in [-0.15, -0.1) is 0 Å². The molecule has 0 spiro atoms. The van der Waals surface area contributed by atoms with Crippen molar-refractivity contribution in [2.75, 3.05) is 43.0 Å². The van der Waals surface area contributed by atoms with Crippen LogP contribution in [0.4, 0.5) is 43.9 Å². The summed E-state index contributed by atoms with van der Waals surface area (Å²) in [6, 6.07) is 9.06. The lowest BCUT2D eigenvalue weighted by Gasteiger charge is -2.34. The Morgan fingerprint density at radius 2 is 1.62 bits per heavy atom. The molecule has 0 aliphatic carbocycles. The topological polar surface area (TPSA) is 101 Å². The molecule has 1 aromatic heterocycles. The van der Waals surface area contributed by atoms with Gasteiger partial charge in [-0.25, -0.2) is 8.42 Å². The molecule has 4 rings (SSSR count). The summed E-state index contributed by atoms with van der Waals surface area (Å²) in [7, 11) is -3.87. The highest BCUT2D eigenvalue weighted by molar-refractivity contribution is 7.89. The van der Waals surface area contributed by atoms with E-state index in [9.17, 15) is 34.8 Å². The zero-order valence-electron chi connectivity index (χ0n) is 19.7. The Balaban J connectivity index is 1.56. The zero-order valence-corrected chi connectivity index (χ0v) is 21.2. The number of benzene rings is 2. The minimum Gasteiger partial charge on any atom is -0.454 e. The number of piperazine rings is 1. The normalized spacial score (nSPS) is 15.3. The Labute approximate surface area is 223 Å². The smallest absolute Gasteiger partial charge is 0.422 e. The maximum Gasteiger partial charge on any atom is 0.422 e. The number of hydrogen-bond acceptors (Lipinski definition) is 8. The number of sulfonamides is 1. The Kier molecular flexibility index (Phi) is 8.09. The van der Waals surface area contributed by atoms with Crippen LogP contribution in [0, 0.1) is 0 Å². The van der Waals surface area contributed by atoms with Gasteiger partial charge in [0.15, 0.2) is 6.61 Å². The fraction of sp³-hybridized carbons (Fsp3) is 0.318. The van der Waals surface area contributed by atoms with Gasteiger partial charge in [0.05, 0.1) is 10.5 Å². The number of aromatic nitrogens is 3. The third-order valence-corrected chi connectivity index (χ3v) is 7.50. The van der Waals surface area contributed by atoms with Crippen LogP contribution in [0.5, 0.6) is 6.01 Å². The van der Waals surface area contributed by atoms with Crippen molar-refractivity contribution in [2.45, 2.75) is 17.2 Å². The van der Waals surface area contributed by atoms with Gasteiger partial charge >= 0.3 is 18.4 Å². The fourth-order valence-electron chi connectivity index (χ4n) is 3.56. The SMILES string of the molecule is O=S(=O)(c1cccc(Cl)c1)N1CCN(c2nc(Nc3cccc(C(F)(F)F)c3)nc(OCC(F)(F)F)n2)CC1. The Bertz CT molecular complexity index is 1430. The molecule has 17 heteroatoms. The van der Waals surface area contributed by atoms with E-state index in [0.717, 1.165) is 18.2 Å². The molecule has 9 nitrogen and oxygen atoms in total. The maximum atomic E-state index is 13.1. The maximum absolute atomic E-state index is 13.1. The molecule has 1 aliphatic rings. The van der Waals surface area contributed by atoms with Crippen LogP contribution >= 0.6 is 11.6 Å². The van der Waals surface area contributed by atoms with Crippen molar-refractivity contribution in [1.29, 1.82) is 0 Å². The highest BCUT2D eigenvalue weighted by Gasteiger charge is 2.32. The molecule has 0 unspecified atom stereocenters. The van der Waals surface area contributed by atoms with Crippen LogP contribution in [0.3, 0.4) is 0 Å². The molecule has 1 fully saturated rings. The average molecular weight is 597 g/mol. The van der Waals surface area contributed by atoms with Gasteiger partial charge in [-0.2, -0.15) is 45.6 Å². The van der Waals surface area contributed by atoms with E-state index in [-0.39, 0.29) is 53.7 Å². The minimum atomic E-state index is -4.71. The predicted octanol–water partition coefficient (Wildman–Crippen LogP) is 4.74. The highest BCUT2D eigenvalue weighted by Crippen LogP contribution is 2.31. The van der Waals surface area contributed by atoms with Crippen LogP contribution in [-0.4, -0.2) is 66.6 Å². The predicted molar refractivity (Wildman–Crippen MR) is 129 cm³/mol. The summed E-state index contributed by atoms with van der Waals surface area (Å²) in [6.07, 6.45) is -9.34. The summed E-state index contributed by atoms with van der Waals surface area (Å²) < 4.78 is 109. The van der Waals surface area contributed by atoms with Crippen LogP contribution in [0.1, 0.15) is 5.56 Å². The lowest BCUT2D eigenvalue weighted by Crippen LogP contribution is -2.49. The largest absolute Gasteiger partial charge is 0.454 e. The molecule has 2 heterocycles. The van der Waals surface area contributed by atoms with Gasteiger partial charge in [0.25, 0.3) is 0 Å². The highest BCUT2D eigenvalue weighted by atomic mass is 35.5. The fourth-order valence-corrected chi connectivity index (χ4v) is 5.29. The number of rotatable bonds is 7. The first-order chi connectivity index (χ1) is 18.2. The Morgan fingerprint density at radius 1 is 0.923 bits per heavy atom. The van der Waals surface area contributed by atoms with E-state index >= 15 is 0 Å². The molecular weight excluding hydrogens is 578 g/mol. The Hall–Kier alpha value is -3.37. The van der Waals surface area contributed by atoms with Crippen molar-refractivity contribution in [3.63, 3.8) is 0 Å². The molecule has 0 saturated carbocycles. The first kappa shape index (κ1) is 28.6. The molecule has 1 N–H and O–H groups in total. The molecule has 1 saturated heterocycles. The van der Waals surface area contributed by atoms with E-state index < -0.39 is 40.6 Å². The van der Waals surface area contributed by atoms with E-state index in [0.29, 0.717) is 0 Å². The second-order valence-corrected chi connectivity index (χ2v) is 10.6. The van der Waals surface area contributed by atoms with Gasteiger partial charge in [-0.1, -0.05) is 23.7 Å². The number of hydrogen-bond donors (Lipinski definition) is 1. The number of ether oxygens (including phenoxy) is 1. The van der Waals surface area contributed by atoms with E-state index in [1.54, 1.807) is 0 Å². The third-order valence-electron chi connectivity index (χ3n) is 5.37. The summed E-state index contributed by atoms with van der Waals surface area (Å²) in [5.74, 6) is -0.526. The average Bonchev–Trinajstić information content (AvgIpc) is 2.87. The van der Waals surface area contributed by atoms with E-state index in [1.807, 2.05) is 0 Å². The van der Waals surface area contributed by atoms with Crippen molar-refractivity contribution in [3.05, 3.63) is 59.1 Å². The van der Waals surface area contributed by atoms with Crippen LogP contribution in [0.15, 0.2) is 53.4 Å². The number of halogens is 7. The summed E-state index contributed by atoms with van der Waals surface area (Å²) in [6.45, 7) is -1.66. The van der Waals surface area contributed by atoms with Gasteiger partial charge in [-0.05, 0) is 36.4 Å². The van der Waals surface area contributed by atoms with Gasteiger partial charge in [0.2, 0.25) is 21.9 Å². The monoisotopic (exact) mass is 596 g/mol. The molecule has 0 bridgehead atoms. The quantitative estimate of drug-likeness (QED) is 0.391. The lowest BCUT2D eigenvalue weighted by atomic mass is 10.2. The van der Waals surface area contributed by atoms with Crippen LogP contribution in [-0.2, 0) is 16.2 Å². The molecule has 0 atom stereocenters. The summed E-state index contributed by atoms with van der Waals surface area (Å²) in [5.41, 5.74) is -1.05. The summed E-state index contributed by atoms with van der Waals surface area (Å²) >= 11 is 5.91. The third kappa shape index (κ3) is 7.39. The molecule has 210 valence electrons. The molecule has 1 aliphatic heterocycles. The summed E-state index contributed by atoms with van der Waals surface area (Å²) in [5, 5.41) is 2.77. The standard InChI is InChI=1S/C22H19ClF6N6O3S/c23-15-4-2-6-17(12-15)39(36,37)35-9-7-34(8-10-35)19-31-18(32-20(33-19)38-13-21(24,25)26)30-16-5-1-3-14(11-16)22(27,28)29/h1-6,11-12H,7-10,13H2,(H,30,31,32,33). The van der Waals surface area contributed by atoms with Crippen molar-refractivity contribution in [3.8, 4) is 6.01 Å². The van der Waals surface area contributed by atoms with Crippen molar-refractivity contribution < 1.29 is 39.5 Å². The number of anilines is 3. The van der Waals surface area contributed by atoms with E-state index in [1.165, 1.54) is 39.5 Å². The molecule has 3 aromatic rings. The summed E-state index contributed by atoms with van der Waals surface area (Å²) in [4.78, 5) is 13.2. The molecule has 0 amide bonds. The van der Waals surface area contributed by atoms with Crippen LogP contribution < -0.4 is 15.0 Å². The van der Waals surface area contributed by atoms with Crippen molar-refractivity contribution in [2.24, 2.45) is 0 Å². The van der Waals surface area contributed by atoms with Crippen LogP contribution in [0.25, 0.3) is 0 Å². The number of alkyl halides is 6. The second-order valence-electron chi connectivity index (χ2n) is 8.20. The van der Waals surface area contributed by atoms with E-state index in [2.05, 4.69) is 25.0 Å². The van der Waals surface area contributed by atoms with Gasteiger partial charge in [-0.3, -0.25) is 0 Å². The Morgan fingerprint density at radius 3 is 2.26 bits per heavy atom. The van der Waals surface area contributed by atoms with Gasteiger partial charge in [0, 0.05) is 36.9 Å². The van der Waals surface area contributed by atoms with E-state index in [4.69, 9.17) is 11.6 Å². The zero-order chi connectivity index (χ0) is 28.4. The van der Waals surface area contributed by atoms with Gasteiger partial charge in [0.1, 0.15) is 0 Å². The van der Waals surface area contributed by atoms with Crippen molar-refractivity contribution in [1.82, 2.24) is 19.3 Å². The molecular formula is C22H19ClF6N6O3S. The number of nitrogens with zero attached hydrogens (tertiary/aromatic N) is 5.